The number of rotatable bonds is 8. The summed E-state index contributed by atoms with van der Waals surface area (Å²) in [5, 5.41) is 12.3. The summed E-state index contributed by atoms with van der Waals surface area (Å²) in [6.07, 6.45) is 1.31. The topological polar surface area (TPSA) is 69.0 Å². The van der Waals surface area contributed by atoms with Gasteiger partial charge in [0, 0.05) is 17.3 Å². The molecule has 1 heterocycles. The van der Waals surface area contributed by atoms with Crippen molar-refractivity contribution in [3.8, 4) is 0 Å². The number of amides is 1. The zero-order valence-corrected chi connectivity index (χ0v) is 15.4. The minimum Gasteiger partial charge on any atom is -0.449 e. The second kappa shape index (κ2) is 9.54. The SMILES string of the molecule is CCCCOC(=O)Nc1nnc(SCc2ccccc2Cl)n1CC. The van der Waals surface area contributed by atoms with Crippen molar-refractivity contribution in [1.82, 2.24) is 14.8 Å². The third kappa shape index (κ3) is 5.14. The summed E-state index contributed by atoms with van der Waals surface area (Å²) in [5.74, 6) is 1.07. The second-order valence-electron chi connectivity index (χ2n) is 5.04. The Balaban J connectivity index is 1.98. The van der Waals surface area contributed by atoms with Crippen LogP contribution in [0.2, 0.25) is 5.02 Å². The quantitative estimate of drug-likeness (QED) is 0.545. The van der Waals surface area contributed by atoms with Gasteiger partial charge >= 0.3 is 6.09 Å². The number of hydrogen-bond donors (Lipinski definition) is 1. The van der Waals surface area contributed by atoms with Gasteiger partial charge in [-0.15, -0.1) is 10.2 Å². The maximum absolute atomic E-state index is 11.8. The van der Waals surface area contributed by atoms with Gasteiger partial charge in [-0.2, -0.15) is 0 Å². The molecule has 130 valence electrons. The molecule has 0 atom stereocenters. The molecule has 6 nitrogen and oxygen atoms in total. The minimum atomic E-state index is -0.506. The highest BCUT2D eigenvalue weighted by atomic mass is 35.5. The van der Waals surface area contributed by atoms with Crippen molar-refractivity contribution >= 4 is 35.4 Å². The van der Waals surface area contributed by atoms with Crippen molar-refractivity contribution < 1.29 is 9.53 Å². The molecule has 1 N–H and O–H groups in total. The summed E-state index contributed by atoms with van der Waals surface area (Å²) in [6.45, 7) is 5.05. The number of hydrogen-bond acceptors (Lipinski definition) is 5. The molecule has 0 fully saturated rings. The Morgan fingerprint density at radius 2 is 2.12 bits per heavy atom. The lowest BCUT2D eigenvalue weighted by atomic mass is 10.2. The maximum Gasteiger partial charge on any atom is 0.414 e. The number of thioether (sulfide) groups is 1. The highest BCUT2D eigenvalue weighted by Crippen LogP contribution is 2.26. The van der Waals surface area contributed by atoms with Crippen LogP contribution in [0.4, 0.5) is 10.7 Å². The Morgan fingerprint density at radius 3 is 2.83 bits per heavy atom. The first-order valence-corrected chi connectivity index (χ1v) is 9.25. The summed E-state index contributed by atoms with van der Waals surface area (Å²) in [5.41, 5.74) is 1.03. The van der Waals surface area contributed by atoms with Crippen molar-refractivity contribution in [2.24, 2.45) is 0 Å². The van der Waals surface area contributed by atoms with E-state index in [2.05, 4.69) is 15.5 Å². The fourth-order valence-electron chi connectivity index (χ4n) is 1.97. The van der Waals surface area contributed by atoms with Gasteiger partial charge in [0.2, 0.25) is 5.95 Å². The fourth-order valence-corrected chi connectivity index (χ4v) is 3.26. The van der Waals surface area contributed by atoms with Gasteiger partial charge in [0.15, 0.2) is 5.16 Å². The molecule has 1 amide bonds. The molecule has 1 aromatic carbocycles. The van der Waals surface area contributed by atoms with Crippen LogP contribution in [0.15, 0.2) is 29.4 Å². The normalized spacial score (nSPS) is 10.6. The highest BCUT2D eigenvalue weighted by molar-refractivity contribution is 7.98. The van der Waals surface area contributed by atoms with Gasteiger partial charge in [0.05, 0.1) is 6.61 Å². The van der Waals surface area contributed by atoms with Gasteiger partial charge < -0.3 is 4.74 Å². The predicted octanol–water partition coefficient (Wildman–Crippen LogP) is 4.59. The van der Waals surface area contributed by atoms with E-state index in [-0.39, 0.29) is 0 Å². The summed E-state index contributed by atoms with van der Waals surface area (Å²) in [4.78, 5) is 11.8. The van der Waals surface area contributed by atoms with Crippen molar-refractivity contribution in [3.05, 3.63) is 34.9 Å². The average Bonchev–Trinajstić information content (AvgIpc) is 2.96. The third-order valence-electron chi connectivity index (χ3n) is 3.29. The predicted molar refractivity (Wildman–Crippen MR) is 96.6 cm³/mol. The number of aromatic nitrogens is 3. The smallest absolute Gasteiger partial charge is 0.414 e. The number of unbranched alkanes of at least 4 members (excludes halogenated alkanes) is 1. The Kier molecular flexibility index (Phi) is 7.39. The van der Waals surface area contributed by atoms with Crippen LogP contribution in [0.1, 0.15) is 32.3 Å². The van der Waals surface area contributed by atoms with Crippen LogP contribution in [0.3, 0.4) is 0 Å². The Labute approximate surface area is 150 Å². The first-order valence-electron chi connectivity index (χ1n) is 7.88. The van der Waals surface area contributed by atoms with Crippen LogP contribution in [-0.4, -0.2) is 27.5 Å². The summed E-state index contributed by atoms with van der Waals surface area (Å²) < 4.78 is 6.92. The molecule has 0 aliphatic carbocycles. The first-order chi connectivity index (χ1) is 11.7. The molecule has 0 unspecified atom stereocenters. The fraction of sp³-hybridized carbons (Fsp3) is 0.438. The van der Waals surface area contributed by atoms with E-state index >= 15 is 0 Å². The van der Waals surface area contributed by atoms with E-state index in [1.54, 1.807) is 0 Å². The second-order valence-corrected chi connectivity index (χ2v) is 6.39. The van der Waals surface area contributed by atoms with E-state index in [0.29, 0.717) is 24.9 Å². The molecular weight excluding hydrogens is 348 g/mol. The molecule has 0 spiro atoms. The Morgan fingerprint density at radius 1 is 1.33 bits per heavy atom. The number of halogens is 1. The standard InChI is InChI=1S/C16H21ClN4O2S/c1-3-5-10-23-16(22)18-14-19-20-15(21(14)4-2)24-11-12-8-6-7-9-13(12)17/h6-9H,3-5,10-11H2,1-2H3,(H,18,19,22). The van der Waals surface area contributed by atoms with Gasteiger partial charge in [-0.25, -0.2) is 4.79 Å². The summed E-state index contributed by atoms with van der Waals surface area (Å²) in [6, 6.07) is 7.69. The lowest BCUT2D eigenvalue weighted by molar-refractivity contribution is 0.159. The first kappa shape index (κ1) is 18.6. The number of carbonyl (C=O) groups excluding carboxylic acids is 1. The number of carbonyl (C=O) groups is 1. The minimum absolute atomic E-state index is 0.389. The number of ether oxygens (including phenoxy) is 1. The van der Waals surface area contributed by atoms with E-state index < -0.39 is 6.09 Å². The van der Waals surface area contributed by atoms with E-state index in [1.807, 2.05) is 42.7 Å². The number of anilines is 1. The molecule has 8 heteroatoms. The molecule has 2 aromatic rings. The summed E-state index contributed by atoms with van der Waals surface area (Å²) in [7, 11) is 0. The zero-order valence-electron chi connectivity index (χ0n) is 13.8. The molecule has 0 aliphatic rings. The Bertz CT molecular complexity index is 678. The van der Waals surface area contributed by atoms with Crippen LogP contribution in [0.5, 0.6) is 0 Å². The van der Waals surface area contributed by atoms with Gasteiger partial charge in [-0.1, -0.05) is 54.9 Å². The summed E-state index contributed by atoms with van der Waals surface area (Å²) >= 11 is 7.69. The maximum atomic E-state index is 11.8. The van der Waals surface area contributed by atoms with Crippen LogP contribution in [0.25, 0.3) is 0 Å². The van der Waals surface area contributed by atoms with Crippen molar-refractivity contribution in [2.75, 3.05) is 11.9 Å². The van der Waals surface area contributed by atoms with E-state index in [4.69, 9.17) is 16.3 Å². The molecule has 0 radical (unpaired) electrons. The molecule has 0 saturated carbocycles. The Hall–Kier alpha value is -1.73. The van der Waals surface area contributed by atoms with E-state index in [9.17, 15) is 4.79 Å². The van der Waals surface area contributed by atoms with E-state index in [1.165, 1.54) is 11.8 Å². The van der Waals surface area contributed by atoms with Crippen LogP contribution in [-0.2, 0) is 17.0 Å². The molecule has 0 saturated heterocycles. The van der Waals surface area contributed by atoms with Gasteiger partial charge in [-0.05, 0) is 25.0 Å². The van der Waals surface area contributed by atoms with Gasteiger partial charge in [-0.3, -0.25) is 9.88 Å². The van der Waals surface area contributed by atoms with Crippen molar-refractivity contribution in [1.29, 1.82) is 0 Å². The van der Waals surface area contributed by atoms with E-state index in [0.717, 1.165) is 28.6 Å². The van der Waals surface area contributed by atoms with Gasteiger partial charge in [0.25, 0.3) is 0 Å². The number of benzene rings is 1. The molecular formula is C16H21ClN4O2S. The lowest BCUT2D eigenvalue weighted by Crippen LogP contribution is -2.17. The largest absolute Gasteiger partial charge is 0.449 e. The molecule has 0 bridgehead atoms. The van der Waals surface area contributed by atoms with Crippen molar-refractivity contribution in [3.63, 3.8) is 0 Å². The molecule has 2 rings (SSSR count). The number of nitrogens with zero attached hydrogens (tertiary/aromatic N) is 3. The molecule has 0 aliphatic heterocycles. The lowest BCUT2D eigenvalue weighted by Gasteiger charge is -2.09. The highest BCUT2D eigenvalue weighted by Gasteiger charge is 2.14. The van der Waals surface area contributed by atoms with Gasteiger partial charge in [0.1, 0.15) is 0 Å². The molecule has 24 heavy (non-hydrogen) atoms. The van der Waals surface area contributed by atoms with Crippen LogP contribution < -0.4 is 5.32 Å². The monoisotopic (exact) mass is 368 g/mol. The van der Waals surface area contributed by atoms with Crippen molar-refractivity contribution in [2.45, 2.75) is 44.1 Å². The van der Waals surface area contributed by atoms with Crippen LogP contribution in [0, 0.1) is 0 Å². The van der Waals surface area contributed by atoms with Crippen LogP contribution >= 0.6 is 23.4 Å². The average molecular weight is 369 g/mol. The third-order valence-corrected chi connectivity index (χ3v) is 4.68. The molecule has 1 aromatic heterocycles. The zero-order chi connectivity index (χ0) is 17.4. The number of nitrogens with one attached hydrogen (secondary N) is 1.